The first-order valence-corrected chi connectivity index (χ1v) is 9.14. The van der Waals surface area contributed by atoms with Crippen molar-refractivity contribution >= 4 is 5.91 Å². The molecule has 1 fully saturated rings. The molecule has 0 radical (unpaired) electrons. The molecule has 0 aliphatic carbocycles. The number of amides is 1. The molecule has 1 aromatic rings. The van der Waals surface area contributed by atoms with Gasteiger partial charge in [-0.3, -0.25) is 4.79 Å². The number of ether oxygens (including phenoxy) is 2. The molecule has 0 unspecified atom stereocenters. The van der Waals surface area contributed by atoms with Gasteiger partial charge in [-0.05, 0) is 43.5 Å². The molecule has 26 heavy (non-hydrogen) atoms. The van der Waals surface area contributed by atoms with E-state index in [1.165, 1.54) is 0 Å². The Morgan fingerprint density at radius 2 is 2.12 bits per heavy atom. The van der Waals surface area contributed by atoms with Crippen molar-refractivity contribution in [2.75, 3.05) is 26.3 Å². The second kappa shape index (κ2) is 8.39. The monoisotopic (exact) mass is 355 g/mol. The van der Waals surface area contributed by atoms with Gasteiger partial charge >= 0.3 is 0 Å². The molecule has 1 saturated heterocycles. The normalized spacial score (nSPS) is 24.4. The van der Waals surface area contributed by atoms with Crippen LogP contribution in [-0.4, -0.2) is 48.5 Å². The number of rotatable bonds is 7. The van der Waals surface area contributed by atoms with Gasteiger partial charge in [0, 0.05) is 43.7 Å². The third kappa shape index (κ3) is 4.09. The van der Waals surface area contributed by atoms with E-state index >= 15 is 0 Å². The number of hydrogen-bond donors (Lipinski definition) is 1. The molecule has 1 amide bonds. The third-order valence-electron chi connectivity index (χ3n) is 4.82. The Hall–Kier alpha value is -2.29. The van der Waals surface area contributed by atoms with Crippen LogP contribution in [0.2, 0.25) is 0 Å². The lowest BCUT2D eigenvalue weighted by Gasteiger charge is -2.37. The van der Waals surface area contributed by atoms with Crippen LogP contribution in [0.4, 0.5) is 0 Å². The lowest BCUT2D eigenvalue weighted by molar-refractivity contribution is -0.168. The maximum absolute atomic E-state index is 12.5. The molecule has 3 atom stereocenters. The summed E-state index contributed by atoms with van der Waals surface area (Å²) in [7, 11) is 0. The second-order valence-corrected chi connectivity index (χ2v) is 6.59. The van der Waals surface area contributed by atoms with Gasteiger partial charge in [0.15, 0.2) is 5.76 Å². The molecule has 0 aromatic heterocycles. The molecular weight excluding hydrogens is 330 g/mol. The van der Waals surface area contributed by atoms with Gasteiger partial charge in [0.25, 0.3) is 5.91 Å². The highest BCUT2D eigenvalue weighted by atomic mass is 16.7. The van der Waals surface area contributed by atoms with E-state index in [4.69, 9.17) is 15.9 Å². The molecule has 5 heteroatoms. The van der Waals surface area contributed by atoms with E-state index in [-0.39, 0.29) is 24.3 Å². The summed E-state index contributed by atoms with van der Waals surface area (Å²) in [5.41, 5.74) is 1.88. The zero-order chi connectivity index (χ0) is 18.5. The van der Waals surface area contributed by atoms with Gasteiger partial charge < -0.3 is 19.5 Å². The van der Waals surface area contributed by atoms with Crippen LogP contribution in [0.15, 0.2) is 36.1 Å². The maximum Gasteiger partial charge on any atom is 0.288 e. The number of allylic oxidation sites excluding steroid dienone is 1. The first kappa shape index (κ1) is 18.5. The minimum atomic E-state index is -0.507. The van der Waals surface area contributed by atoms with Crippen molar-refractivity contribution in [3.63, 3.8) is 0 Å². The van der Waals surface area contributed by atoms with E-state index < -0.39 is 6.29 Å². The molecule has 0 bridgehead atoms. The molecule has 5 nitrogen and oxygen atoms in total. The summed E-state index contributed by atoms with van der Waals surface area (Å²) in [6.45, 7) is 4.06. The molecule has 3 rings (SSSR count). The van der Waals surface area contributed by atoms with Crippen molar-refractivity contribution in [2.24, 2.45) is 5.92 Å². The largest absolute Gasteiger partial charge is 0.459 e. The van der Waals surface area contributed by atoms with Gasteiger partial charge in [0.05, 0.1) is 0 Å². The average molecular weight is 355 g/mol. The summed E-state index contributed by atoms with van der Waals surface area (Å²) in [4.78, 5) is 14.3. The van der Waals surface area contributed by atoms with Gasteiger partial charge in [-0.15, -0.1) is 6.42 Å². The predicted octanol–water partition coefficient (Wildman–Crippen LogP) is 2.26. The Labute approximate surface area is 154 Å². The number of hydrogen-bond acceptors (Lipinski definition) is 4. The maximum atomic E-state index is 12.5. The van der Waals surface area contributed by atoms with Crippen LogP contribution < -0.4 is 0 Å². The Morgan fingerprint density at radius 1 is 1.38 bits per heavy atom. The predicted molar refractivity (Wildman–Crippen MR) is 98.1 cm³/mol. The fourth-order valence-electron chi connectivity index (χ4n) is 3.35. The fraction of sp³-hybridized carbons (Fsp3) is 0.476. The summed E-state index contributed by atoms with van der Waals surface area (Å²) in [6.07, 6.45) is 8.25. The molecule has 0 spiro atoms. The van der Waals surface area contributed by atoms with Crippen LogP contribution in [0.1, 0.15) is 36.8 Å². The van der Waals surface area contributed by atoms with Crippen LogP contribution in [0.25, 0.3) is 0 Å². The number of terminal acetylenes is 1. The Balaban J connectivity index is 1.94. The molecular formula is C21H25NO4. The fourth-order valence-corrected chi connectivity index (χ4v) is 3.35. The lowest BCUT2D eigenvalue weighted by Crippen LogP contribution is -2.37. The molecule has 138 valence electrons. The SMILES string of the molecule is C#Cc1ccc([C@@H]2C=C(C(=O)N3CC3)O[C@H](OCC)[C@H]2CCCO)cc1. The van der Waals surface area contributed by atoms with E-state index in [2.05, 4.69) is 5.92 Å². The van der Waals surface area contributed by atoms with Crippen molar-refractivity contribution in [1.29, 1.82) is 0 Å². The average Bonchev–Trinajstić information content (AvgIpc) is 3.51. The van der Waals surface area contributed by atoms with Crippen molar-refractivity contribution in [2.45, 2.75) is 32.0 Å². The van der Waals surface area contributed by atoms with Crippen molar-refractivity contribution < 1.29 is 19.4 Å². The van der Waals surface area contributed by atoms with Crippen molar-refractivity contribution in [1.82, 2.24) is 4.90 Å². The highest BCUT2D eigenvalue weighted by molar-refractivity contribution is 5.93. The van der Waals surface area contributed by atoms with Crippen LogP contribution >= 0.6 is 0 Å². The van der Waals surface area contributed by atoms with Gasteiger partial charge in [0.2, 0.25) is 6.29 Å². The quantitative estimate of drug-likeness (QED) is 0.602. The number of carbonyl (C=O) groups excluding carboxylic acids is 1. The first-order valence-electron chi connectivity index (χ1n) is 9.14. The van der Waals surface area contributed by atoms with Crippen LogP contribution in [0, 0.1) is 18.3 Å². The van der Waals surface area contributed by atoms with Crippen LogP contribution in [-0.2, 0) is 14.3 Å². The Morgan fingerprint density at radius 3 is 2.69 bits per heavy atom. The zero-order valence-electron chi connectivity index (χ0n) is 15.1. The number of aliphatic hydroxyl groups is 1. The highest BCUT2D eigenvalue weighted by Crippen LogP contribution is 2.40. The summed E-state index contributed by atoms with van der Waals surface area (Å²) < 4.78 is 11.8. The summed E-state index contributed by atoms with van der Waals surface area (Å²) in [6, 6.07) is 7.80. The van der Waals surface area contributed by atoms with Crippen molar-refractivity contribution in [3.05, 3.63) is 47.2 Å². The Bertz CT molecular complexity index is 700. The molecule has 1 aromatic carbocycles. The summed E-state index contributed by atoms with van der Waals surface area (Å²) >= 11 is 0. The van der Waals surface area contributed by atoms with E-state index in [0.29, 0.717) is 18.8 Å². The molecule has 0 saturated carbocycles. The number of nitrogens with zero attached hydrogens (tertiary/aromatic N) is 1. The topological polar surface area (TPSA) is 58.8 Å². The second-order valence-electron chi connectivity index (χ2n) is 6.59. The van der Waals surface area contributed by atoms with Gasteiger partial charge in [-0.25, -0.2) is 0 Å². The number of aliphatic hydroxyl groups excluding tert-OH is 1. The van der Waals surface area contributed by atoms with E-state index in [9.17, 15) is 9.90 Å². The van der Waals surface area contributed by atoms with Crippen molar-refractivity contribution in [3.8, 4) is 12.3 Å². The lowest BCUT2D eigenvalue weighted by atomic mass is 9.80. The molecule has 1 N–H and O–H groups in total. The smallest absolute Gasteiger partial charge is 0.288 e. The molecule has 2 aliphatic heterocycles. The summed E-state index contributed by atoms with van der Waals surface area (Å²) in [5, 5.41) is 9.28. The van der Waals surface area contributed by atoms with Gasteiger partial charge in [-0.1, -0.05) is 18.1 Å². The van der Waals surface area contributed by atoms with Gasteiger partial charge in [0.1, 0.15) is 0 Å². The first-order chi connectivity index (χ1) is 12.7. The molecule has 2 aliphatic rings. The highest BCUT2D eigenvalue weighted by Gasteiger charge is 2.40. The van der Waals surface area contributed by atoms with E-state index in [1.54, 1.807) is 4.90 Å². The Kier molecular flexibility index (Phi) is 5.97. The van der Waals surface area contributed by atoms with Gasteiger partial charge in [-0.2, -0.15) is 0 Å². The van der Waals surface area contributed by atoms with E-state index in [1.807, 2.05) is 37.3 Å². The third-order valence-corrected chi connectivity index (χ3v) is 4.82. The zero-order valence-corrected chi connectivity index (χ0v) is 15.1. The van der Waals surface area contributed by atoms with E-state index in [0.717, 1.165) is 30.6 Å². The minimum absolute atomic E-state index is 0.0181. The van der Waals surface area contributed by atoms with Crippen LogP contribution in [0.3, 0.4) is 0 Å². The number of carbonyl (C=O) groups is 1. The standard InChI is InChI=1S/C21H25NO4/c1-3-15-7-9-16(10-8-15)18-14-19(20(24)22-11-12-22)26-21(25-4-2)17(18)6-5-13-23/h1,7-10,14,17-18,21,23H,4-6,11-13H2,2H3/t17-,18-,21-/m0/s1. The number of benzene rings is 1. The summed E-state index contributed by atoms with van der Waals surface area (Å²) in [5.74, 6) is 2.88. The minimum Gasteiger partial charge on any atom is -0.459 e. The molecule has 2 heterocycles. The van der Waals surface area contributed by atoms with Crippen LogP contribution in [0.5, 0.6) is 0 Å².